The van der Waals surface area contributed by atoms with Crippen LogP contribution in [0.15, 0.2) is 45.9 Å². The first kappa shape index (κ1) is 12.6. The summed E-state index contributed by atoms with van der Waals surface area (Å²) in [7, 11) is -3.63. The van der Waals surface area contributed by atoms with Gasteiger partial charge in [-0.25, -0.2) is 0 Å². The van der Waals surface area contributed by atoms with E-state index in [-0.39, 0.29) is 11.0 Å². The summed E-state index contributed by atoms with van der Waals surface area (Å²) < 4.78 is 31.7. The van der Waals surface area contributed by atoms with Crippen molar-refractivity contribution >= 4 is 27.3 Å². The Bertz CT molecular complexity index is 708. The predicted octanol–water partition coefficient (Wildman–Crippen LogP) is 2.77. The monoisotopic (exact) mass is 297 g/mol. The lowest BCUT2D eigenvalue weighted by atomic mass is 10.2. The molecule has 0 saturated heterocycles. The van der Waals surface area contributed by atoms with Gasteiger partial charge in [0.25, 0.3) is 10.0 Å². The van der Waals surface area contributed by atoms with Crippen LogP contribution in [0.5, 0.6) is 0 Å². The lowest BCUT2D eigenvalue weighted by Crippen LogP contribution is -2.28. The number of halogens is 1. The Hall–Kier alpha value is -1.46. The molecule has 0 spiro atoms. The minimum Gasteiger partial charge on any atom is -0.447 e. The lowest BCUT2D eigenvalue weighted by molar-refractivity contribution is 0.425. The molecule has 0 amide bonds. The Morgan fingerprint density at radius 1 is 1.21 bits per heavy atom. The van der Waals surface area contributed by atoms with E-state index >= 15 is 0 Å². The molecule has 3 rings (SSSR count). The molecule has 19 heavy (non-hydrogen) atoms. The van der Waals surface area contributed by atoms with Gasteiger partial charge in [-0.3, -0.25) is 4.31 Å². The predicted molar refractivity (Wildman–Crippen MR) is 72.9 cm³/mol. The first-order valence-electron chi connectivity index (χ1n) is 5.88. The SMILES string of the molecule is O=S(=O)(c1ccc(CCl)o1)N1CCc2ccccc21. The zero-order valence-corrected chi connectivity index (χ0v) is 11.6. The zero-order chi connectivity index (χ0) is 13.5. The van der Waals surface area contributed by atoms with E-state index in [1.165, 1.54) is 10.4 Å². The quantitative estimate of drug-likeness (QED) is 0.819. The fraction of sp³-hybridized carbons (Fsp3) is 0.231. The van der Waals surface area contributed by atoms with Crippen LogP contribution in [0, 0.1) is 0 Å². The van der Waals surface area contributed by atoms with Crippen molar-refractivity contribution in [2.45, 2.75) is 17.4 Å². The minimum atomic E-state index is -3.63. The molecule has 6 heteroatoms. The van der Waals surface area contributed by atoms with Crippen LogP contribution >= 0.6 is 11.6 Å². The molecule has 4 nitrogen and oxygen atoms in total. The number of benzene rings is 1. The molecular weight excluding hydrogens is 286 g/mol. The highest BCUT2D eigenvalue weighted by atomic mass is 35.5. The van der Waals surface area contributed by atoms with Gasteiger partial charge in [0.05, 0.1) is 11.6 Å². The summed E-state index contributed by atoms with van der Waals surface area (Å²) in [5.41, 5.74) is 1.77. The van der Waals surface area contributed by atoms with Crippen LogP contribution in [-0.4, -0.2) is 15.0 Å². The largest absolute Gasteiger partial charge is 0.447 e. The molecule has 0 fully saturated rings. The maximum Gasteiger partial charge on any atom is 0.297 e. The van der Waals surface area contributed by atoms with Gasteiger partial charge in [-0.15, -0.1) is 11.6 Å². The highest BCUT2D eigenvalue weighted by Gasteiger charge is 2.32. The Morgan fingerprint density at radius 3 is 2.74 bits per heavy atom. The van der Waals surface area contributed by atoms with Crippen LogP contribution in [0.2, 0.25) is 0 Å². The molecule has 0 saturated carbocycles. The molecular formula is C13H12ClNO3S. The highest BCUT2D eigenvalue weighted by Crippen LogP contribution is 2.33. The van der Waals surface area contributed by atoms with E-state index in [1.54, 1.807) is 6.07 Å². The summed E-state index contributed by atoms with van der Waals surface area (Å²) in [5, 5.41) is -0.0557. The van der Waals surface area contributed by atoms with Crippen LogP contribution in [0.25, 0.3) is 0 Å². The minimum absolute atomic E-state index is 0.0557. The first-order valence-corrected chi connectivity index (χ1v) is 7.86. The molecule has 0 bridgehead atoms. The molecule has 2 heterocycles. The molecule has 0 atom stereocenters. The number of alkyl halides is 1. The Balaban J connectivity index is 2.03. The van der Waals surface area contributed by atoms with Crippen molar-refractivity contribution in [3.63, 3.8) is 0 Å². The van der Waals surface area contributed by atoms with E-state index in [1.807, 2.05) is 24.3 Å². The van der Waals surface area contributed by atoms with Crippen molar-refractivity contribution in [2.75, 3.05) is 10.8 Å². The second kappa shape index (κ2) is 4.58. The van der Waals surface area contributed by atoms with Gasteiger partial charge >= 0.3 is 0 Å². The maximum atomic E-state index is 12.5. The van der Waals surface area contributed by atoms with Gasteiger partial charge in [0.15, 0.2) is 0 Å². The molecule has 0 unspecified atom stereocenters. The van der Waals surface area contributed by atoms with Crippen LogP contribution in [0.4, 0.5) is 5.69 Å². The van der Waals surface area contributed by atoms with Gasteiger partial charge < -0.3 is 4.42 Å². The number of para-hydroxylation sites is 1. The average Bonchev–Trinajstić information content (AvgIpc) is 3.06. The average molecular weight is 298 g/mol. The van der Waals surface area contributed by atoms with Gasteiger partial charge in [0.1, 0.15) is 5.76 Å². The summed E-state index contributed by atoms with van der Waals surface area (Å²) in [6, 6.07) is 10.5. The summed E-state index contributed by atoms with van der Waals surface area (Å²) in [6.07, 6.45) is 0.721. The Morgan fingerprint density at radius 2 is 2.00 bits per heavy atom. The number of furan rings is 1. The summed E-state index contributed by atoms with van der Waals surface area (Å²) in [5.74, 6) is 0.610. The molecule has 0 N–H and O–H groups in total. The Kier molecular flexibility index (Phi) is 3.03. The number of hydrogen-bond acceptors (Lipinski definition) is 3. The second-order valence-electron chi connectivity index (χ2n) is 4.31. The first-order chi connectivity index (χ1) is 9.13. The molecule has 0 aliphatic carbocycles. The van der Waals surface area contributed by atoms with Gasteiger partial charge in [-0.05, 0) is 30.2 Å². The molecule has 1 aliphatic rings. The number of rotatable bonds is 3. The molecule has 0 radical (unpaired) electrons. The van der Waals surface area contributed by atoms with E-state index < -0.39 is 10.0 Å². The number of nitrogens with zero attached hydrogens (tertiary/aromatic N) is 1. The molecule has 1 aliphatic heterocycles. The van der Waals surface area contributed by atoms with E-state index in [0.717, 1.165) is 17.7 Å². The third kappa shape index (κ3) is 2.03. The van der Waals surface area contributed by atoms with E-state index in [4.69, 9.17) is 16.0 Å². The Labute approximate surface area is 116 Å². The van der Waals surface area contributed by atoms with Gasteiger partial charge in [0, 0.05) is 6.54 Å². The third-order valence-electron chi connectivity index (χ3n) is 3.16. The zero-order valence-electron chi connectivity index (χ0n) is 10.0. The fourth-order valence-corrected chi connectivity index (χ4v) is 3.82. The topological polar surface area (TPSA) is 50.5 Å². The third-order valence-corrected chi connectivity index (χ3v) is 5.11. The van der Waals surface area contributed by atoms with Crippen molar-refractivity contribution in [3.05, 3.63) is 47.7 Å². The molecule has 100 valence electrons. The molecule has 2 aromatic rings. The van der Waals surface area contributed by atoms with Gasteiger partial charge in [-0.1, -0.05) is 18.2 Å². The number of hydrogen-bond donors (Lipinski definition) is 0. The second-order valence-corrected chi connectivity index (χ2v) is 6.37. The van der Waals surface area contributed by atoms with Crippen molar-refractivity contribution < 1.29 is 12.8 Å². The van der Waals surface area contributed by atoms with Gasteiger partial charge in [-0.2, -0.15) is 8.42 Å². The standard InChI is InChI=1S/C13H12ClNO3S/c14-9-11-5-6-13(18-11)19(16,17)15-8-7-10-3-1-2-4-12(10)15/h1-6H,7-9H2. The van der Waals surface area contributed by atoms with Crippen molar-refractivity contribution in [2.24, 2.45) is 0 Å². The smallest absolute Gasteiger partial charge is 0.297 e. The van der Waals surface area contributed by atoms with Crippen LogP contribution in [0.1, 0.15) is 11.3 Å². The van der Waals surface area contributed by atoms with E-state index in [0.29, 0.717) is 12.3 Å². The number of anilines is 1. The number of fused-ring (bicyclic) bond motifs is 1. The van der Waals surface area contributed by atoms with Crippen molar-refractivity contribution in [1.29, 1.82) is 0 Å². The van der Waals surface area contributed by atoms with Gasteiger partial charge in [0.2, 0.25) is 5.09 Å². The lowest BCUT2D eigenvalue weighted by Gasteiger charge is -2.17. The highest BCUT2D eigenvalue weighted by molar-refractivity contribution is 7.92. The maximum absolute atomic E-state index is 12.5. The summed E-state index contributed by atoms with van der Waals surface area (Å²) in [6.45, 7) is 0.443. The van der Waals surface area contributed by atoms with E-state index in [9.17, 15) is 8.42 Å². The molecule has 1 aromatic heterocycles. The van der Waals surface area contributed by atoms with Crippen LogP contribution in [0.3, 0.4) is 0 Å². The normalized spacial score (nSPS) is 14.7. The molecule has 1 aromatic carbocycles. The summed E-state index contributed by atoms with van der Waals surface area (Å²) >= 11 is 5.63. The number of sulfonamides is 1. The van der Waals surface area contributed by atoms with Crippen LogP contribution in [-0.2, 0) is 22.3 Å². The van der Waals surface area contributed by atoms with Crippen molar-refractivity contribution in [3.8, 4) is 0 Å². The fourth-order valence-electron chi connectivity index (χ4n) is 2.23. The van der Waals surface area contributed by atoms with Crippen LogP contribution < -0.4 is 4.31 Å². The van der Waals surface area contributed by atoms with Crippen molar-refractivity contribution in [1.82, 2.24) is 0 Å². The van der Waals surface area contributed by atoms with E-state index in [2.05, 4.69) is 0 Å². The summed E-state index contributed by atoms with van der Waals surface area (Å²) in [4.78, 5) is 0.